The van der Waals surface area contributed by atoms with Gasteiger partial charge >= 0.3 is 5.97 Å². The van der Waals surface area contributed by atoms with Gasteiger partial charge in [0, 0.05) is 18.4 Å². The van der Waals surface area contributed by atoms with Crippen molar-refractivity contribution in [3.63, 3.8) is 0 Å². The number of hydrogen-bond donors (Lipinski definition) is 1. The third-order valence-electron chi connectivity index (χ3n) is 2.95. The number of aryl methyl sites for hydroxylation is 1. The van der Waals surface area contributed by atoms with Crippen LogP contribution in [0.5, 0.6) is 0 Å². The second-order valence-electron chi connectivity index (χ2n) is 4.37. The van der Waals surface area contributed by atoms with Gasteiger partial charge in [-0.15, -0.1) is 0 Å². The number of hydrogen-bond acceptors (Lipinski definition) is 5. The van der Waals surface area contributed by atoms with Crippen LogP contribution in [-0.2, 0) is 0 Å². The summed E-state index contributed by atoms with van der Waals surface area (Å²) in [6, 6.07) is 11.5. The highest BCUT2D eigenvalue weighted by Gasteiger charge is 2.15. The summed E-state index contributed by atoms with van der Waals surface area (Å²) in [5, 5.41) is 17.8. The van der Waals surface area contributed by atoms with Crippen LogP contribution in [0.1, 0.15) is 22.5 Å². The maximum Gasteiger partial charge on any atom is 0.339 e. The second kappa shape index (κ2) is 6.48. The lowest BCUT2D eigenvalue weighted by Gasteiger charge is -2.22. The molecule has 1 heterocycles. The molecular weight excluding hydrogens is 268 g/mol. The van der Waals surface area contributed by atoms with Gasteiger partial charge in [0.05, 0.1) is 23.7 Å². The smallest absolute Gasteiger partial charge is 0.339 e. The number of carboxylic acids is 1. The van der Waals surface area contributed by atoms with E-state index in [0.717, 1.165) is 5.69 Å². The lowest BCUT2D eigenvalue weighted by Crippen LogP contribution is -2.21. The highest BCUT2D eigenvalue weighted by atomic mass is 16.4. The molecule has 1 N–H and O–H groups in total. The summed E-state index contributed by atoms with van der Waals surface area (Å²) in [6.07, 6.45) is 1.61. The van der Waals surface area contributed by atoms with Crippen molar-refractivity contribution < 1.29 is 9.90 Å². The van der Waals surface area contributed by atoms with E-state index in [2.05, 4.69) is 16.0 Å². The van der Waals surface area contributed by atoms with Gasteiger partial charge in [-0.2, -0.15) is 5.26 Å². The first-order valence-corrected chi connectivity index (χ1v) is 6.40. The number of rotatable bonds is 5. The van der Waals surface area contributed by atoms with E-state index in [-0.39, 0.29) is 5.56 Å². The zero-order valence-corrected chi connectivity index (χ0v) is 11.5. The van der Waals surface area contributed by atoms with E-state index in [0.29, 0.717) is 24.6 Å². The molecule has 0 unspecified atom stereocenters. The molecule has 0 fully saturated rings. The number of carbonyl (C=O) groups is 1. The Bertz CT molecular complexity index is 680. The summed E-state index contributed by atoms with van der Waals surface area (Å²) in [7, 11) is 0. The topological polar surface area (TPSA) is 90.1 Å². The molecule has 1 aromatic heterocycles. The zero-order valence-electron chi connectivity index (χ0n) is 11.5. The van der Waals surface area contributed by atoms with Crippen molar-refractivity contribution in [1.29, 1.82) is 5.26 Å². The number of aromatic carboxylic acids is 1. The molecule has 0 saturated heterocycles. The lowest BCUT2D eigenvalue weighted by atomic mass is 10.2. The number of nitrogens with zero attached hydrogens (tertiary/aromatic N) is 4. The van der Waals surface area contributed by atoms with E-state index in [1.807, 2.05) is 30.3 Å². The largest absolute Gasteiger partial charge is 0.478 e. The van der Waals surface area contributed by atoms with Crippen LogP contribution in [0.15, 0.2) is 36.5 Å². The van der Waals surface area contributed by atoms with E-state index >= 15 is 0 Å². The maximum atomic E-state index is 11.0. The van der Waals surface area contributed by atoms with Gasteiger partial charge in [0.15, 0.2) is 0 Å². The Labute approximate surface area is 122 Å². The first-order chi connectivity index (χ1) is 10.1. The van der Waals surface area contributed by atoms with E-state index in [9.17, 15) is 4.79 Å². The molecule has 106 valence electrons. The molecule has 0 aliphatic carbocycles. The van der Waals surface area contributed by atoms with Crippen molar-refractivity contribution in [2.75, 3.05) is 11.4 Å². The molecule has 21 heavy (non-hydrogen) atoms. The number of anilines is 2. The van der Waals surface area contributed by atoms with Gasteiger partial charge in [-0.05, 0) is 19.1 Å². The Morgan fingerprint density at radius 3 is 2.67 bits per heavy atom. The molecule has 0 amide bonds. The van der Waals surface area contributed by atoms with Crippen LogP contribution in [0.4, 0.5) is 11.6 Å². The molecule has 0 saturated carbocycles. The fourth-order valence-corrected chi connectivity index (χ4v) is 1.91. The molecule has 1 aromatic carbocycles. The summed E-state index contributed by atoms with van der Waals surface area (Å²) in [4.78, 5) is 21.2. The van der Waals surface area contributed by atoms with Crippen LogP contribution in [0.3, 0.4) is 0 Å². The van der Waals surface area contributed by atoms with Gasteiger partial charge in [0.1, 0.15) is 0 Å². The number of carboxylic acid groups (broad SMARTS) is 1. The van der Waals surface area contributed by atoms with Crippen LogP contribution in [0, 0.1) is 18.3 Å². The van der Waals surface area contributed by atoms with Gasteiger partial charge in [-0.25, -0.2) is 14.8 Å². The van der Waals surface area contributed by atoms with E-state index in [4.69, 9.17) is 10.4 Å². The molecule has 0 aliphatic heterocycles. The summed E-state index contributed by atoms with van der Waals surface area (Å²) in [5.74, 6) is -0.665. The maximum absolute atomic E-state index is 11.0. The van der Waals surface area contributed by atoms with Gasteiger partial charge in [0.2, 0.25) is 5.95 Å². The molecule has 0 radical (unpaired) electrons. The highest BCUT2D eigenvalue weighted by Crippen LogP contribution is 2.22. The van der Waals surface area contributed by atoms with Crippen molar-refractivity contribution in [2.45, 2.75) is 13.3 Å². The molecular formula is C15H14N4O2. The van der Waals surface area contributed by atoms with Gasteiger partial charge in [-0.1, -0.05) is 18.2 Å². The number of benzene rings is 1. The molecule has 0 spiro atoms. The Morgan fingerprint density at radius 2 is 2.10 bits per heavy atom. The fraction of sp³-hybridized carbons (Fsp3) is 0.200. The minimum Gasteiger partial charge on any atom is -0.478 e. The predicted molar refractivity (Wildman–Crippen MR) is 77.4 cm³/mol. The zero-order chi connectivity index (χ0) is 15.2. The Balaban J connectivity index is 2.40. The summed E-state index contributed by atoms with van der Waals surface area (Å²) < 4.78 is 0. The first kappa shape index (κ1) is 14.5. The first-order valence-electron chi connectivity index (χ1n) is 6.40. The van der Waals surface area contributed by atoms with E-state index in [1.54, 1.807) is 11.8 Å². The quantitative estimate of drug-likeness (QED) is 0.906. The highest BCUT2D eigenvalue weighted by molar-refractivity contribution is 5.88. The standard InChI is InChI=1S/C15H14N4O2/c1-11-13(14(20)21)10-17-15(18-11)19(9-5-8-16)12-6-3-2-4-7-12/h2-4,6-7,10H,5,9H2,1H3,(H,20,21). The third kappa shape index (κ3) is 3.34. The van der Waals surface area contributed by atoms with Crippen LogP contribution in [0.25, 0.3) is 0 Å². The van der Waals surface area contributed by atoms with Gasteiger partial charge < -0.3 is 10.0 Å². The molecule has 0 atom stereocenters. The SMILES string of the molecule is Cc1nc(N(CCC#N)c2ccccc2)ncc1C(=O)O. The monoisotopic (exact) mass is 282 g/mol. The minimum atomic E-state index is -1.05. The summed E-state index contributed by atoms with van der Waals surface area (Å²) in [6.45, 7) is 2.06. The Kier molecular flexibility index (Phi) is 4.46. The number of nitriles is 1. The normalized spacial score (nSPS) is 9.90. The molecule has 0 aliphatic rings. The van der Waals surface area contributed by atoms with Crippen LogP contribution < -0.4 is 4.90 Å². The van der Waals surface area contributed by atoms with Gasteiger partial charge in [-0.3, -0.25) is 0 Å². The van der Waals surface area contributed by atoms with Crippen molar-refractivity contribution >= 4 is 17.6 Å². The molecule has 6 nitrogen and oxygen atoms in total. The van der Waals surface area contributed by atoms with Gasteiger partial charge in [0.25, 0.3) is 0 Å². The molecule has 6 heteroatoms. The molecule has 0 bridgehead atoms. The van der Waals surface area contributed by atoms with Crippen LogP contribution in [0.2, 0.25) is 0 Å². The lowest BCUT2D eigenvalue weighted by molar-refractivity contribution is 0.0695. The van der Waals surface area contributed by atoms with E-state index in [1.165, 1.54) is 6.20 Å². The third-order valence-corrected chi connectivity index (χ3v) is 2.95. The second-order valence-corrected chi connectivity index (χ2v) is 4.37. The predicted octanol–water partition coefficient (Wildman–Crippen LogP) is 2.54. The summed E-state index contributed by atoms with van der Waals surface area (Å²) in [5.41, 5.74) is 1.33. The Morgan fingerprint density at radius 1 is 1.38 bits per heavy atom. The fourth-order valence-electron chi connectivity index (χ4n) is 1.91. The van der Waals surface area contributed by atoms with Crippen molar-refractivity contribution in [1.82, 2.24) is 9.97 Å². The summed E-state index contributed by atoms with van der Waals surface area (Å²) >= 11 is 0. The van der Waals surface area contributed by atoms with Crippen molar-refractivity contribution in [3.05, 3.63) is 47.8 Å². The number of para-hydroxylation sites is 1. The van der Waals surface area contributed by atoms with Crippen molar-refractivity contribution in [3.8, 4) is 6.07 Å². The molecule has 2 aromatic rings. The van der Waals surface area contributed by atoms with Crippen molar-refractivity contribution in [2.24, 2.45) is 0 Å². The average Bonchev–Trinajstić information content (AvgIpc) is 2.48. The average molecular weight is 282 g/mol. The van der Waals surface area contributed by atoms with E-state index < -0.39 is 5.97 Å². The minimum absolute atomic E-state index is 0.0760. The molecule has 2 rings (SSSR count). The number of aromatic nitrogens is 2. The van der Waals surface area contributed by atoms with Crippen LogP contribution in [-0.4, -0.2) is 27.6 Å². The Hall–Kier alpha value is -2.94. The van der Waals surface area contributed by atoms with Crippen LogP contribution >= 0.6 is 0 Å².